The summed E-state index contributed by atoms with van der Waals surface area (Å²) in [6.07, 6.45) is 2.80. The smallest absolute Gasteiger partial charge is 0.0843 e. The molecule has 0 N–H and O–H groups in total. The van der Waals surface area contributed by atoms with Gasteiger partial charge in [-0.2, -0.15) is 0 Å². The number of hydrogen-bond donors (Lipinski definition) is 0. The third-order valence-corrected chi connectivity index (χ3v) is 2.57. The number of allylic oxidation sites excluding steroid dienone is 1. The van der Waals surface area contributed by atoms with Crippen molar-refractivity contribution in [2.45, 2.75) is 19.3 Å². The van der Waals surface area contributed by atoms with E-state index in [0.29, 0.717) is 4.49 Å². The molecule has 3 heteroatoms. The van der Waals surface area contributed by atoms with Crippen LogP contribution in [0.25, 0.3) is 0 Å². The van der Waals surface area contributed by atoms with Crippen LogP contribution in [0.3, 0.4) is 0 Å². The highest BCUT2D eigenvalue weighted by molar-refractivity contribution is 6.55. The van der Waals surface area contributed by atoms with Gasteiger partial charge in [0, 0.05) is 10.9 Å². The monoisotopic (exact) mass is 248 g/mol. The lowest BCUT2D eigenvalue weighted by atomic mass is 9.97. The van der Waals surface area contributed by atoms with Crippen molar-refractivity contribution in [2.24, 2.45) is 0 Å². The summed E-state index contributed by atoms with van der Waals surface area (Å²) < 4.78 is 0.312. The fourth-order valence-electron chi connectivity index (χ4n) is 1.31. The Morgan fingerprint density at radius 1 is 1.29 bits per heavy atom. The Bertz CT molecular complexity index is 310. The van der Waals surface area contributed by atoms with Crippen LogP contribution in [-0.2, 0) is 0 Å². The Morgan fingerprint density at radius 2 is 1.86 bits per heavy atom. The molecule has 0 aliphatic carbocycles. The van der Waals surface area contributed by atoms with E-state index in [1.54, 1.807) is 0 Å². The van der Waals surface area contributed by atoms with Gasteiger partial charge in [0.2, 0.25) is 0 Å². The first-order valence-electron chi connectivity index (χ1n) is 4.41. The summed E-state index contributed by atoms with van der Waals surface area (Å²) in [5.74, 6) is 0.261. The zero-order valence-corrected chi connectivity index (χ0v) is 10.1. The third-order valence-electron chi connectivity index (χ3n) is 2.07. The molecule has 1 aromatic rings. The Labute approximate surface area is 99.5 Å². The van der Waals surface area contributed by atoms with E-state index in [-0.39, 0.29) is 5.92 Å². The average Bonchev–Trinajstić information content (AvgIpc) is 2.15. The molecule has 1 atom stereocenters. The minimum absolute atomic E-state index is 0.261. The molecule has 1 rings (SSSR count). The molecular weight excluding hydrogens is 238 g/mol. The molecule has 0 aliphatic rings. The summed E-state index contributed by atoms with van der Waals surface area (Å²) in [4.78, 5) is 0. The lowest BCUT2D eigenvalue weighted by Crippen LogP contribution is -1.92. The maximum Gasteiger partial charge on any atom is 0.103 e. The molecule has 1 unspecified atom stereocenters. The maximum atomic E-state index is 5.80. The van der Waals surface area contributed by atoms with Crippen LogP contribution in [0, 0.1) is 0 Å². The van der Waals surface area contributed by atoms with Gasteiger partial charge in [0.15, 0.2) is 0 Å². The second kappa shape index (κ2) is 5.65. The number of halogens is 3. The molecule has 0 amide bonds. The Morgan fingerprint density at radius 3 is 2.29 bits per heavy atom. The molecular formula is C11H11Cl3. The Balaban J connectivity index is 2.90. The van der Waals surface area contributed by atoms with Crippen molar-refractivity contribution >= 4 is 34.8 Å². The van der Waals surface area contributed by atoms with Crippen molar-refractivity contribution in [2.75, 3.05) is 0 Å². The minimum Gasteiger partial charge on any atom is -0.0843 e. The zero-order valence-electron chi connectivity index (χ0n) is 7.81. The quantitative estimate of drug-likeness (QED) is 0.695. The summed E-state index contributed by atoms with van der Waals surface area (Å²) in [7, 11) is 0. The molecule has 0 bridgehead atoms. The molecule has 0 spiro atoms. The van der Waals surface area contributed by atoms with Gasteiger partial charge in [0.25, 0.3) is 0 Å². The van der Waals surface area contributed by atoms with Crippen LogP contribution in [0.15, 0.2) is 34.8 Å². The van der Waals surface area contributed by atoms with Crippen LogP contribution in [0.4, 0.5) is 0 Å². The zero-order chi connectivity index (χ0) is 10.6. The predicted octanol–water partition coefficient (Wildman–Crippen LogP) is 5.15. The summed E-state index contributed by atoms with van der Waals surface area (Å²) in [5, 5.41) is 0.740. The summed E-state index contributed by atoms with van der Waals surface area (Å²) in [5.41, 5.74) is 1.18. The highest BCUT2D eigenvalue weighted by Crippen LogP contribution is 2.25. The van der Waals surface area contributed by atoms with Crippen molar-refractivity contribution < 1.29 is 0 Å². The summed E-state index contributed by atoms with van der Waals surface area (Å²) in [6.45, 7) is 2.09. The van der Waals surface area contributed by atoms with E-state index in [1.807, 2.05) is 30.3 Å². The van der Waals surface area contributed by atoms with Crippen LogP contribution in [0.1, 0.15) is 24.8 Å². The second-order valence-electron chi connectivity index (χ2n) is 3.02. The SMILES string of the molecule is CCC(C=C(Cl)Cl)c1ccc(Cl)cc1. The van der Waals surface area contributed by atoms with Crippen LogP contribution in [0.2, 0.25) is 5.02 Å². The molecule has 0 heterocycles. The van der Waals surface area contributed by atoms with E-state index in [2.05, 4.69) is 6.92 Å². The van der Waals surface area contributed by atoms with E-state index in [9.17, 15) is 0 Å². The van der Waals surface area contributed by atoms with Crippen molar-refractivity contribution in [1.82, 2.24) is 0 Å². The summed E-state index contributed by atoms with van der Waals surface area (Å²) in [6, 6.07) is 7.72. The fourth-order valence-corrected chi connectivity index (χ4v) is 1.74. The van der Waals surface area contributed by atoms with E-state index in [4.69, 9.17) is 34.8 Å². The highest BCUT2D eigenvalue weighted by Gasteiger charge is 2.06. The van der Waals surface area contributed by atoms with Crippen molar-refractivity contribution in [3.63, 3.8) is 0 Å². The van der Waals surface area contributed by atoms with E-state index in [1.165, 1.54) is 5.56 Å². The molecule has 14 heavy (non-hydrogen) atoms. The first kappa shape index (κ1) is 11.9. The van der Waals surface area contributed by atoms with Crippen LogP contribution in [0.5, 0.6) is 0 Å². The normalized spacial score (nSPS) is 12.3. The molecule has 1 aromatic carbocycles. The van der Waals surface area contributed by atoms with Gasteiger partial charge in [-0.25, -0.2) is 0 Å². The van der Waals surface area contributed by atoms with Gasteiger partial charge in [-0.05, 0) is 30.2 Å². The van der Waals surface area contributed by atoms with Gasteiger partial charge in [0.05, 0.1) is 0 Å². The molecule has 0 nitrogen and oxygen atoms in total. The Hall–Kier alpha value is -0.170. The lowest BCUT2D eigenvalue weighted by Gasteiger charge is -2.10. The van der Waals surface area contributed by atoms with Gasteiger partial charge in [-0.3, -0.25) is 0 Å². The van der Waals surface area contributed by atoms with Gasteiger partial charge in [-0.15, -0.1) is 0 Å². The van der Waals surface area contributed by atoms with Crippen molar-refractivity contribution in [3.8, 4) is 0 Å². The number of benzene rings is 1. The molecule has 0 saturated carbocycles. The first-order chi connectivity index (χ1) is 6.63. The van der Waals surface area contributed by atoms with Gasteiger partial charge >= 0.3 is 0 Å². The average molecular weight is 250 g/mol. The topological polar surface area (TPSA) is 0 Å². The van der Waals surface area contributed by atoms with E-state index < -0.39 is 0 Å². The maximum absolute atomic E-state index is 5.80. The van der Waals surface area contributed by atoms with Gasteiger partial charge in [-0.1, -0.05) is 53.9 Å². The van der Waals surface area contributed by atoms with Gasteiger partial charge in [0.1, 0.15) is 4.49 Å². The lowest BCUT2D eigenvalue weighted by molar-refractivity contribution is 0.805. The predicted molar refractivity (Wildman–Crippen MR) is 64.3 cm³/mol. The van der Waals surface area contributed by atoms with Gasteiger partial charge < -0.3 is 0 Å². The van der Waals surface area contributed by atoms with Crippen molar-refractivity contribution in [3.05, 3.63) is 45.4 Å². The van der Waals surface area contributed by atoms with Crippen LogP contribution >= 0.6 is 34.8 Å². The third kappa shape index (κ3) is 3.53. The van der Waals surface area contributed by atoms with Crippen molar-refractivity contribution in [1.29, 1.82) is 0 Å². The molecule has 0 aromatic heterocycles. The second-order valence-corrected chi connectivity index (χ2v) is 4.47. The van der Waals surface area contributed by atoms with Crippen LogP contribution in [-0.4, -0.2) is 0 Å². The molecule has 76 valence electrons. The largest absolute Gasteiger partial charge is 0.103 e. The van der Waals surface area contributed by atoms with E-state index in [0.717, 1.165) is 11.4 Å². The molecule has 0 aliphatic heterocycles. The highest BCUT2D eigenvalue weighted by atomic mass is 35.5. The van der Waals surface area contributed by atoms with E-state index >= 15 is 0 Å². The number of hydrogen-bond acceptors (Lipinski definition) is 0. The number of rotatable bonds is 3. The molecule has 0 radical (unpaired) electrons. The fraction of sp³-hybridized carbons (Fsp3) is 0.273. The molecule has 0 saturated heterocycles. The van der Waals surface area contributed by atoms with Crippen LogP contribution < -0.4 is 0 Å². The standard InChI is InChI=1S/C11H11Cl3/c1-2-8(7-11(13)14)9-3-5-10(12)6-4-9/h3-8H,2H2,1H3. The minimum atomic E-state index is 0.261. The Kier molecular flexibility index (Phi) is 4.80. The first-order valence-corrected chi connectivity index (χ1v) is 5.55. The molecule has 0 fully saturated rings. The summed E-state index contributed by atoms with van der Waals surface area (Å²) >= 11 is 17.1.